The van der Waals surface area contributed by atoms with Gasteiger partial charge in [-0.25, -0.2) is 4.79 Å². The molecule has 1 N–H and O–H groups in total. The molecule has 1 fully saturated rings. The molecule has 0 aliphatic carbocycles. The summed E-state index contributed by atoms with van der Waals surface area (Å²) in [6.45, 7) is 0.00950. The Morgan fingerprint density at radius 3 is 2.62 bits per heavy atom. The molecule has 2 atom stereocenters. The van der Waals surface area contributed by atoms with Gasteiger partial charge in [-0.15, -0.1) is 23.5 Å². The van der Waals surface area contributed by atoms with E-state index in [1.807, 2.05) is 48.5 Å². The van der Waals surface area contributed by atoms with Gasteiger partial charge in [0.05, 0.1) is 18.6 Å². The normalized spacial score (nSPS) is 17.5. The summed E-state index contributed by atoms with van der Waals surface area (Å²) in [5.74, 6) is 0.456. The number of carbonyl (C=O) groups is 3. The summed E-state index contributed by atoms with van der Waals surface area (Å²) in [7, 11) is 1.58. The predicted octanol–water partition coefficient (Wildman–Crippen LogP) is 4.95. The van der Waals surface area contributed by atoms with Crippen LogP contribution < -0.4 is 10.1 Å². The van der Waals surface area contributed by atoms with Crippen molar-refractivity contribution in [3.05, 3.63) is 114 Å². The van der Waals surface area contributed by atoms with Gasteiger partial charge < -0.3 is 19.3 Å². The van der Waals surface area contributed by atoms with Crippen molar-refractivity contribution in [2.45, 2.75) is 22.9 Å². The number of amides is 2. The molecule has 4 heterocycles. The molecule has 10 nitrogen and oxygen atoms in total. The zero-order valence-electron chi connectivity index (χ0n) is 24.1. The molecule has 45 heavy (non-hydrogen) atoms. The molecule has 0 radical (unpaired) electrons. The van der Waals surface area contributed by atoms with Gasteiger partial charge in [0.15, 0.2) is 5.76 Å². The third-order valence-electron chi connectivity index (χ3n) is 7.05. The molecule has 228 valence electrons. The van der Waals surface area contributed by atoms with Crippen LogP contribution in [0.4, 0.5) is 0 Å². The van der Waals surface area contributed by atoms with E-state index in [1.54, 1.807) is 55.8 Å². The molecule has 2 aliphatic rings. The fourth-order valence-corrected chi connectivity index (χ4v) is 6.81. The van der Waals surface area contributed by atoms with Gasteiger partial charge in [0.25, 0.3) is 5.91 Å². The van der Waals surface area contributed by atoms with E-state index < -0.39 is 17.4 Å². The predicted molar refractivity (Wildman–Crippen MR) is 171 cm³/mol. The van der Waals surface area contributed by atoms with Crippen molar-refractivity contribution in [3.8, 4) is 17.1 Å². The Morgan fingerprint density at radius 2 is 1.87 bits per heavy atom. The summed E-state index contributed by atoms with van der Waals surface area (Å²) in [6.07, 6.45) is 5.09. The maximum Gasteiger partial charge on any atom is 0.355 e. The Hall–Kier alpha value is -4.81. The fraction of sp³-hybridized carbons (Fsp3) is 0.182. The Labute approximate surface area is 267 Å². The van der Waals surface area contributed by atoms with Crippen LogP contribution in [0.5, 0.6) is 5.75 Å². The molecule has 6 rings (SSSR count). The Morgan fingerprint density at radius 1 is 1.07 bits per heavy atom. The number of benzene rings is 2. The summed E-state index contributed by atoms with van der Waals surface area (Å²) in [4.78, 5) is 46.4. The van der Waals surface area contributed by atoms with Crippen molar-refractivity contribution in [3.63, 3.8) is 0 Å². The van der Waals surface area contributed by atoms with Crippen molar-refractivity contribution < 1.29 is 28.4 Å². The highest BCUT2D eigenvalue weighted by molar-refractivity contribution is 8.00. The molecular formula is C33H28N4O6S2. The molecule has 1 unspecified atom stereocenters. The van der Waals surface area contributed by atoms with Crippen LogP contribution in [0.3, 0.4) is 0 Å². The molecule has 2 amide bonds. The second-order valence-electron chi connectivity index (χ2n) is 10.0. The number of rotatable bonds is 11. The number of allylic oxidation sites excluding steroid dienone is 1. The molecule has 4 aromatic rings. The van der Waals surface area contributed by atoms with Gasteiger partial charge in [0.2, 0.25) is 5.91 Å². The lowest BCUT2D eigenvalue weighted by molar-refractivity contribution is -0.153. The molecule has 12 heteroatoms. The van der Waals surface area contributed by atoms with Gasteiger partial charge in [0, 0.05) is 22.9 Å². The van der Waals surface area contributed by atoms with Crippen LogP contribution in [-0.2, 0) is 25.7 Å². The van der Waals surface area contributed by atoms with Gasteiger partial charge in [-0.05, 0) is 53.6 Å². The van der Waals surface area contributed by atoms with Crippen molar-refractivity contribution in [2.24, 2.45) is 0 Å². The summed E-state index contributed by atoms with van der Waals surface area (Å²) >= 11 is 2.85. The molecule has 2 aromatic carbocycles. The first-order valence-corrected chi connectivity index (χ1v) is 16.0. The second kappa shape index (κ2) is 13.9. The number of aromatic nitrogens is 2. The summed E-state index contributed by atoms with van der Waals surface area (Å²) in [5, 5.41) is 6.49. The number of hydrogen-bond donors (Lipinski definition) is 1. The Kier molecular flexibility index (Phi) is 9.32. The largest absolute Gasteiger partial charge is 0.497 e. The van der Waals surface area contributed by atoms with Crippen LogP contribution in [-0.4, -0.2) is 62.9 Å². The number of carbonyl (C=O) groups excluding carboxylic acids is 3. The second-order valence-corrected chi connectivity index (χ2v) is 12.2. The van der Waals surface area contributed by atoms with Crippen LogP contribution in [0.15, 0.2) is 112 Å². The van der Waals surface area contributed by atoms with Gasteiger partial charge in [0.1, 0.15) is 35.2 Å². The Bertz CT molecular complexity index is 1740. The maximum atomic E-state index is 13.6. The van der Waals surface area contributed by atoms with Gasteiger partial charge in [-0.1, -0.05) is 47.6 Å². The number of fused-ring (bicyclic) bond motifs is 1. The first-order chi connectivity index (χ1) is 22.0. The van der Waals surface area contributed by atoms with Crippen LogP contribution in [0, 0.1) is 0 Å². The molecular weight excluding hydrogens is 613 g/mol. The molecule has 0 saturated carbocycles. The highest BCUT2D eigenvalue weighted by Crippen LogP contribution is 2.41. The average molecular weight is 641 g/mol. The van der Waals surface area contributed by atoms with E-state index in [9.17, 15) is 14.4 Å². The van der Waals surface area contributed by atoms with Crippen LogP contribution in [0.2, 0.25) is 0 Å². The highest BCUT2D eigenvalue weighted by Gasteiger charge is 2.54. The Balaban J connectivity index is 1.19. The SMILES string of the molecule is COc1ccc(COC(=O)C2=C(/C=C/c3cc(-c4ccccn4)no3)CSC3[C@H](NC(=O)CSc4ccccc4)C(=O)N23)cc1. The van der Waals surface area contributed by atoms with E-state index in [0.29, 0.717) is 34.2 Å². The lowest BCUT2D eigenvalue weighted by Gasteiger charge is -2.49. The van der Waals surface area contributed by atoms with Gasteiger partial charge in [-0.2, -0.15) is 0 Å². The van der Waals surface area contributed by atoms with Gasteiger partial charge in [-0.3, -0.25) is 19.5 Å². The lowest BCUT2D eigenvalue weighted by Crippen LogP contribution is -2.70. The van der Waals surface area contributed by atoms with Gasteiger partial charge >= 0.3 is 5.97 Å². The summed E-state index contributed by atoms with van der Waals surface area (Å²) in [6, 6.07) is 23.2. The zero-order chi connectivity index (χ0) is 31.2. The standard InChI is InChI=1S/C33H28N4O6S2/c1-41-23-13-10-21(11-14-23)18-42-33(40)30-22(12-15-24-17-27(36-43-24)26-9-5-6-16-34-26)19-45-32-29(31(39)37(30)32)35-28(38)20-44-25-7-3-2-4-8-25/h2-17,29,32H,18-20H2,1H3,(H,35,38)/b15-12+/t29-,32?/m1/s1. The topological polar surface area (TPSA) is 124 Å². The molecule has 2 aliphatic heterocycles. The zero-order valence-corrected chi connectivity index (χ0v) is 25.8. The first-order valence-electron chi connectivity index (χ1n) is 14.0. The van der Waals surface area contributed by atoms with E-state index in [1.165, 1.54) is 28.4 Å². The third-order valence-corrected chi connectivity index (χ3v) is 9.37. The van der Waals surface area contributed by atoms with Crippen molar-refractivity contribution in [1.29, 1.82) is 0 Å². The van der Waals surface area contributed by atoms with E-state index in [0.717, 1.165) is 10.5 Å². The molecule has 1 saturated heterocycles. The average Bonchev–Trinajstić information content (AvgIpc) is 3.57. The number of nitrogens with one attached hydrogen (secondary N) is 1. The number of β-lactam (4-membered cyclic amide) rings is 1. The van der Waals surface area contributed by atoms with Crippen molar-refractivity contribution >= 4 is 47.4 Å². The minimum absolute atomic E-state index is 0.00950. The summed E-state index contributed by atoms with van der Waals surface area (Å²) < 4.78 is 16.3. The van der Waals surface area contributed by atoms with E-state index in [2.05, 4.69) is 15.5 Å². The minimum Gasteiger partial charge on any atom is -0.497 e. The van der Waals surface area contributed by atoms with E-state index in [4.69, 9.17) is 14.0 Å². The van der Waals surface area contributed by atoms with Crippen LogP contribution in [0.1, 0.15) is 11.3 Å². The van der Waals surface area contributed by atoms with Crippen molar-refractivity contribution in [1.82, 2.24) is 20.4 Å². The lowest BCUT2D eigenvalue weighted by atomic mass is 10.0. The number of esters is 1. The minimum atomic E-state index is -0.746. The monoisotopic (exact) mass is 640 g/mol. The van der Waals surface area contributed by atoms with E-state index >= 15 is 0 Å². The number of pyridine rings is 1. The molecule has 0 bridgehead atoms. The number of nitrogens with zero attached hydrogens (tertiary/aromatic N) is 3. The number of thioether (sulfide) groups is 2. The van der Waals surface area contributed by atoms with Crippen LogP contribution >= 0.6 is 23.5 Å². The quantitative estimate of drug-likeness (QED) is 0.137. The first kappa shape index (κ1) is 30.2. The fourth-order valence-electron chi connectivity index (χ4n) is 4.77. The van der Waals surface area contributed by atoms with Crippen molar-refractivity contribution in [2.75, 3.05) is 18.6 Å². The number of ether oxygens (including phenoxy) is 2. The van der Waals surface area contributed by atoms with E-state index in [-0.39, 0.29) is 29.9 Å². The molecule has 0 spiro atoms. The number of methoxy groups -OCH3 is 1. The molecule has 2 aromatic heterocycles. The highest BCUT2D eigenvalue weighted by atomic mass is 32.2. The number of hydrogen-bond acceptors (Lipinski definition) is 10. The van der Waals surface area contributed by atoms with Crippen LogP contribution in [0.25, 0.3) is 17.5 Å². The summed E-state index contributed by atoms with van der Waals surface area (Å²) in [5.41, 5.74) is 2.73. The smallest absolute Gasteiger partial charge is 0.355 e. The third kappa shape index (κ3) is 6.97. The maximum absolute atomic E-state index is 13.6.